The lowest BCUT2D eigenvalue weighted by Gasteiger charge is -2.13. The maximum Gasteiger partial charge on any atom is 0.124 e. The minimum absolute atomic E-state index is 0.0207. The van der Waals surface area contributed by atoms with Crippen molar-refractivity contribution in [2.24, 2.45) is 5.92 Å². The van der Waals surface area contributed by atoms with Crippen molar-refractivity contribution in [1.82, 2.24) is 10.6 Å². The molecule has 0 spiro atoms. The molecule has 1 saturated carbocycles. The van der Waals surface area contributed by atoms with Gasteiger partial charge in [-0.05, 0) is 34.7 Å². The molecule has 0 aromatic rings. The van der Waals surface area contributed by atoms with Gasteiger partial charge in [0.25, 0.3) is 0 Å². The molecule has 5 nitrogen and oxygen atoms in total. The van der Waals surface area contributed by atoms with E-state index in [1.807, 2.05) is 0 Å². The van der Waals surface area contributed by atoms with Crippen LogP contribution in [-0.2, 0) is 0 Å². The topological polar surface area (TPSA) is 92.0 Å². The number of aliphatic hydroxyl groups is 1. The molecule has 1 rings (SSSR count). The number of aliphatic hydroxyl groups excluding tert-OH is 1. The van der Waals surface area contributed by atoms with E-state index in [1.165, 1.54) is 12.8 Å². The standard InChI is InChI=1S/C12H19BrN4O/c1-16-7-10(13)11(15)12(18)9(4-14)6-17-5-8-2-3-8/h4,6-8,12,14-18H,2-3,5H2,1H3/b9-6+,10-7+,14-4?,15-11?. The van der Waals surface area contributed by atoms with Crippen LogP contribution in [0.1, 0.15) is 12.8 Å². The van der Waals surface area contributed by atoms with E-state index in [2.05, 4.69) is 26.6 Å². The third kappa shape index (κ3) is 4.62. The SMILES string of the molecule is CN/C=C(/Br)C(=N)C(O)/C(C=N)=C/NCC1CC1. The van der Waals surface area contributed by atoms with Crippen LogP contribution in [0.2, 0.25) is 0 Å². The monoisotopic (exact) mass is 314 g/mol. The zero-order chi connectivity index (χ0) is 13.5. The first kappa shape index (κ1) is 14.9. The van der Waals surface area contributed by atoms with E-state index in [1.54, 1.807) is 19.4 Å². The van der Waals surface area contributed by atoms with Crippen LogP contribution in [-0.4, -0.2) is 36.7 Å². The van der Waals surface area contributed by atoms with Gasteiger partial charge in [0.1, 0.15) is 6.10 Å². The van der Waals surface area contributed by atoms with Crippen molar-refractivity contribution < 1.29 is 5.11 Å². The summed E-state index contributed by atoms with van der Waals surface area (Å²) in [5, 5.41) is 30.9. The van der Waals surface area contributed by atoms with Crippen molar-refractivity contribution in [2.75, 3.05) is 13.6 Å². The van der Waals surface area contributed by atoms with Crippen molar-refractivity contribution in [3.63, 3.8) is 0 Å². The highest BCUT2D eigenvalue weighted by molar-refractivity contribution is 9.12. The van der Waals surface area contributed by atoms with Gasteiger partial charge in [0.2, 0.25) is 0 Å². The number of rotatable bonds is 8. The predicted molar refractivity (Wildman–Crippen MR) is 77.4 cm³/mol. The van der Waals surface area contributed by atoms with Crippen LogP contribution < -0.4 is 10.6 Å². The van der Waals surface area contributed by atoms with Gasteiger partial charge in [0.15, 0.2) is 0 Å². The summed E-state index contributed by atoms with van der Waals surface area (Å²) in [6, 6.07) is 0. The van der Waals surface area contributed by atoms with Gasteiger partial charge in [-0.25, -0.2) is 0 Å². The highest BCUT2D eigenvalue weighted by atomic mass is 79.9. The van der Waals surface area contributed by atoms with Crippen LogP contribution in [0.15, 0.2) is 22.5 Å². The van der Waals surface area contributed by atoms with Gasteiger partial charge in [-0.1, -0.05) is 0 Å². The molecule has 0 saturated heterocycles. The fourth-order valence-corrected chi connectivity index (χ4v) is 1.81. The van der Waals surface area contributed by atoms with E-state index < -0.39 is 6.10 Å². The number of halogens is 1. The fraction of sp³-hybridized carbons (Fsp3) is 0.500. The molecule has 0 radical (unpaired) electrons. The lowest BCUT2D eigenvalue weighted by atomic mass is 10.1. The van der Waals surface area contributed by atoms with Crippen LogP contribution in [0, 0.1) is 16.7 Å². The number of hydrogen-bond acceptors (Lipinski definition) is 5. The molecular formula is C12H19BrN4O. The van der Waals surface area contributed by atoms with Crippen molar-refractivity contribution >= 4 is 27.9 Å². The van der Waals surface area contributed by atoms with Gasteiger partial charge in [-0.15, -0.1) is 0 Å². The van der Waals surface area contributed by atoms with Crippen molar-refractivity contribution in [3.05, 3.63) is 22.5 Å². The lowest BCUT2D eigenvalue weighted by molar-refractivity contribution is 0.282. The fourth-order valence-electron chi connectivity index (χ4n) is 1.37. The van der Waals surface area contributed by atoms with Crippen LogP contribution in [0.5, 0.6) is 0 Å². The van der Waals surface area contributed by atoms with Gasteiger partial charge >= 0.3 is 0 Å². The van der Waals surface area contributed by atoms with E-state index in [0.717, 1.165) is 18.7 Å². The molecule has 1 aliphatic rings. The maximum absolute atomic E-state index is 9.97. The second-order valence-electron chi connectivity index (χ2n) is 4.24. The number of nitrogens with one attached hydrogen (secondary N) is 4. The van der Waals surface area contributed by atoms with Crippen LogP contribution in [0.3, 0.4) is 0 Å². The molecule has 0 aromatic heterocycles. The summed E-state index contributed by atoms with van der Waals surface area (Å²) in [5.74, 6) is 0.723. The predicted octanol–water partition coefficient (Wildman–Crippen LogP) is 1.36. The zero-order valence-corrected chi connectivity index (χ0v) is 11.9. The summed E-state index contributed by atoms with van der Waals surface area (Å²) >= 11 is 3.19. The summed E-state index contributed by atoms with van der Waals surface area (Å²) in [5.41, 5.74) is 0.398. The third-order valence-corrected chi connectivity index (χ3v) is 3.31. The molecule has 100 valence electrons. The highest BCUT2D eigenvalue weighted by Crippen LogP contribution is 2.27. The molecular weight excluding hydrogens is 296 g/mol. The summed E-state index contributed by atoms with van der Waals surface area (Å²) in [6.07, 6.45) is 5.65. The molecule has 0 aromatic carbocycles. The summed E-state index contributed by atoms with van der Waals surface area (Å²) < 4.78 is 0.465. The van der Waals surface area contributed by atoms with Gasteiger partial charge in [0, 0.05) is 37.8 Å². The van der Waals surface area contributed by atoms with Crippen LogP contribution >= 0.6 is 15.9 Å². The lowest BCUT2D eigenvalue weighted by Crippen LogP contribution is -2.25. The van der Waals surface area contributed by atoms with E-state index in [9.17, 15) is 5.11 Å². The quantitative estimate of drug-likeness (QED) is 0.438. The molecule has 6 heteroatoms. The molecule has 0 bridgehead atoms. The van der Waals surface area contributed by atoms with Gasteiger partial charge in [-0.3, -0.25) is 0 Å². The van der Waals surface area contributed by atoms with E-state index in [0.29, 0.717) is 10.1 Å². The first-order chi connectivity index (χ1) is 8.60. The summed E-state index contributed by atoms with van der Waals surface area (Å²) in [6.45, 7) is 0.866. The Balaban J connectivity index is 2.58. The van der Waals surface area contributed by atoms with Crippen molar-refractivity contribution in [1.29, 1.82) is 10.8 Å². The molecule has 0 aliphatic heterocycles. The average molecular weight is 315 g/mol. The molecule has 5 N–H and O–H groups in total. The average Bonchev–Trinajstić information content (AvgIpc) is 3.17. The Kier molecular flexibility index (Phi) is 6.07. The van der Waals surface area contributed by atoms with E-state index in [-0.39, 0.29) is 5.71 Å². The number of hydrogen-bond donors (Lipinski definition) is 5. The van der Waals surface area contributed by atoms with E-state index in [4.69, 9.17) is 10.8 Å². The Hall–Kier alpha value is -1.14. The highest BCUT2D eigenvalue weighted by Gasteiger charge is 2.21. The molecule has 1 atom stereocenters. The van der Waals surface area contributed by atoms with Crippen LogP contribution in [0.4, 0.5) is 0 Å². The first-order valence-electron chi connectivity index (χ1n) is 5.83. The van der Waals surface area contributed by atoms with Crippen molar-refractivity contribution in [3.8, 4) is 0 Å². The Morgan fingerprint density at radius 2 is 2.17 bits per heavy atom. The van der Waals surface area contributed by atoms with Crippen LogP contribution in [0.25, 0.3) is 0 Å². The Bertz CT molecular complexity index is 374. The molecule has 1 fully saturated rings. The largest absolute Gasteiger partial charge is 0.393 e. The zero-order valence-electron chi connectivity index (χ0n) is 10.3. The molecule has 1 aliphatic carbocycles. The Morgan fingerprint density at radius 1 is 1.50 bits per heavy atom. The Morgan fingerprint density at radius 3 is 2.67 bits per heavy atom. The second kappa shape index (κ2) is 7.33. The van der Waals surface area contributed by atoms with Gasteiger partial charge < -0.3 is 26.6 Å². The van der Waals surface area contributed by atoms with E-state index >= 15 is 0 Å². The summed E-state index contributed by atoms with van der Waals surface area (Å²) in [7, 11) is 1.71. The minimum atomic E-state index is -1.10. The molecule has 18 heavy (non-hydrogen) atoms. The van der Waals surface area contributed by atoms with Gasteiger partial charge in [0.05, 0.1) is 10.2 Å². The Labute approximate surface area is 116 Å². The summed E-state index contributed by atoms with van der Waals surface area (Å²) in [4.78, 5) is 0. The van der Waals surface area contributed by atoms with Crippen molar-refractivity contribution in [2.45, 2.75) is 18.9 Å². The molecule has 0 amide bonds. The second-order valence-corrected chi connectivity index (χ2v) is 5.09. The normalized spacial score (nSPS) is 18.2. The van der Waals surface area contributed by atoms with Gasteiger partial charge in [-0.2, -0.15) is 0 Å². The first-order valence-corrected chi connectivity index (χ1v) is 6.63. The minimum Gasteiger partial charge on any atom is -0.393 e. The third-order valence-electron chi connectivity index (χ3n) is 2.66. The molecule has 0 heterocycles. The molecule has 1 unspecified atom stereocenters. The maximum atomic E-state index is 9.97. The smallest absolute Gasteiger partial charge is 0.124 e.